The number of aromatic nitrogens is 1. The summed E-state index contributed by atoms with van der Waals surface area (Å²) in [6.45, 7) is 10.6. The molecule has 0 saturated heterocycles. The fourth-order valence-corrected chi connectivity index (χ4v) is 2.73. The molecule has 0 aliphatic heterocycles. The van der Waals surface area contributed by atoms with E-state index in [9.17, 15) is 14.4 Å². The summed E-state index contributed by atoms with van der Waals surface area (Å²) in [7, 11) is 0. The minimum absolute atomic E-state index is 0.0593. The third-order valence-corrected chi connectivity index (χ3v) is 4.42. The maximum Gasteiger partial charge on any atom is 0.305 e. The Morgan fingerprint density at radius 2 is 1.87 bits per heavy atom. The number of Topliss-reactive ketones (excluding diaryl/α,β-unsaturated/α-hetero) is 1. The van der Waals surface area contributed by atoms with Gasteiger partial charge < -0.3 is 15.4 Å². The molecule has 3 N–H and O–H groups in total. The van der Waals surface area contributed by atoms with Crippen molar-refractivity contribution in [3.05, 3.63) is 22.5 Å². The Bertz CT molecular complexity index is 631. The molecule has 0 radical (unpaired) electrons. The van der Waals surface area contributed by atoms with Gasteiger partial charge in [0, 0.05) is 11.3 Å². The zero-order valence-corrected chi connectivity index (χ0v) is 14.7. The zero-order valence-electron chi connectivity index (χ0n) is 14.7. The van der Waals surface area contributed by atoms with Gasteiger partial charge in [0.05, 0.1) is 12.0 Å². The van der Waals surface area contributed by atoms with E-state index in [1.54, 1.807) is 13.8 Å². The van der Waals surface area contributed by atoms with Gasteiger partial charge in [0.25, 0.3) is 5.91 Å². The van der Waals surface area contributed by atoms with Crippen molar-refractivity contribution in [2.75, 3.05) is 0 Å². The molecule has 0 aliphatic carbocycles. The molecule has 1 rings (SSSR count). The lowest BCUT2D eigenvalue weighted by Gasteiger charge is -2.33. The minimum Gasteiger partial charge on any atom is -0.481 e. The van der Waals surface area contributed by atoms with E-state index in [2.05, 4.69) is 10.3 Å². The highest BCUT2D eigenvalue weighted by atomic mass is 16.4. The van der Waals surface area contributed by atoms with Crippen molar-refractivity contribution < 1.29 is 19.5 Å². The topological polar surface area (TPSA) is 99.3 Å². The first-order valence-electron chi connectivity index (χ1n) is 7.80. The van der Waals surface area contributed by atoms with Crippen LogP contribution in [0.15, 0.2) is 0 Å². The summed E-state index contributed by atoms with van der Waals surface area (Å²) in [5, 5.41) is 11.9. The number of nitrogens with one attached hydrogen (secondary N) is 2. The number of aliphatic carboxylic acids is 1. The normalized spacial score (nSPS) is 13.7. The zero-order chi connectivity index (χ0) is 17.9. The number of aryl methyl sites for hydroxylation is 1. The molecule has 0 aromatic carbocycles. The molecular weight excluding hydrogens is 296 g/mol. The predicted molar refractivity (Wildman–Crippen MR) is 87.9 cm³/mol. The van der Waals surface area contributed by atoms with Gasteiger partial charge in [0.2, 0.25) is 0 Å². The average molecular weight is 322 g/mol. The van der Waals surface area contributed by atoms with Gasteiger partial charge in [-0.2, -0.15) is 0 Å². The summed E-state index contributed by atoms with van der Waals surface area (Å²) in [6.07, 6.45) is 0.371. The van der Waals surface area contributed by atoms with Crippen molar-refractivity contribution in [1.82, 2.24) is 10.3 Å². The molecule has 0 spiro atoms. The number of hydrogen-bond donors (Lipinski definition) is 3. The lowest BCUT2D eigenvalue weighted by molar-refractivity contribution is -0.138. The standard InChI is InChI=1S/C17H26N2O4/c1-7-12-14(11(5)20)10(4)18-15(12)16(23)19-17(6,9(2)3)8-13(21)22/h9,18H,7-8H2,1-6H3,(H,19,23)(H,21,22). The van der Waals surface area contributed by atoms with E-state index in [-0.39, 0.29) is 24.0 Å². The number of rotatable bonds is 7. The van der Waals surface area contributed by atoms with Gasteiger partial charge in [-0.15, -0.1) is 0 Å². The van der Waals surface area contributed by atoms with E-state index in [1.165, 1.54) is 6.92 Å². The third kappa shape index (κ3) is 4.00. The molecule has 1 heterocycles. The van der Waals surface area contributed by atoms with Gasteiger partial charge >= 0.3 is 5.97 Å². The molecule has 0 bridgehead atoms. The van der Waals surface area contributed by atoms with Crippen LogP contribution >= 0.6 is 0 Å². The number of carboxylic acids is 1. The van der Waals surface area contributed by atoms with Gasteiger partial charge in [0.1, 0.15) is 5.69 Å². The molecule has 1 aromatic heterocycles. The molecule has 6 nitrogen and oxygen atoms in total. The molecule has 1 unspecified atom stereocenters. The van der Waals surface area contributed by atoms with E-state index < -0.39 is 11.5 Å². The average Bonchev–Trinajstić information content (AvgIpc) is 2.74. The first kappa shape index (κ1) is 18.9. The van der Waals surface area contributed by atoms with E-state index in [4.69, 9.17) is 5.11 Å². The Labute approximate surface area is 136 Å². The summed E-state index contributed by atoms with van der Waals surface area (Å²) in [5.41, 5.74) is 1.34. The van der Waals surface area contributed by atoms with Crippen LogP contribution in [0.5, 0.6) is 0 Å². The molecule has 0 fully saturated rings. The highest BCUT2D eigenvalue weighted by molar-refractivity contribution is 6.03. The van der Waals surface area contributed by atoms with Crippen molar-refractivity contribution in [3.63, 3.8) is 0 Å². The summed E-state index contributed by atoms with van der Waals surface area (Å²) in [4.78, 5) is 38.5. The van der Waals surface area contributed by atoms with Crippen molar-refractivity contribution in [1.29, 1.82) is 0 Å². The number of carboxylic acid groups (broad SMARTS) is 1. The van der Waals surface area contributed by atoms with Crippen LogP contribution in [0.3, 0.4) is 0 Å². The van der Waals surface area contributed by atoms with Gasteiger partial charge in [-0.05, 0) is 38.7 Å². The van der Waals surface area contributed by atoms with Crippen LogP contribution in [0.25, 0.3) is 0 Å². The fraction of sp³-hybridized carbons (Fsp3) is 0.588. The van der Waals surface area contributed by atoms with Crippen LogP contribution in [0.1, 0.15) is 73.1 Å². The van der Waals surface area contributed by atoms with Crippen LogP contribution in [0.2, 0.25) is 0 Å². The molecule has 1 atom stereocenters. The van der Waals surface area contributed by atoms with E-state index >= 15 is 0 Å². The Kier molecular flexibility index (Phi) is 5.75. The van der Waals surface area contributed by atoms with Gasteiger partial charge in [-0.3, -0.25) is 14.4 Å². The third-order valence-electron chi connectivity index (χ3n) is 4.42. The number of aromatic amines is 1. The second-order valence-corrected chi connectivity index (χ2v) is 6.49. The van der Waals surface area contributed by atoms with Crippen LogP contribution in [0, 0.1) is 12.8 Å². The second-order valence-electron chi connectivity index (χ2n) is 6.49. The quantitative estimate of drug-likeness (QED) is 0.672. The highest BCUT2D eigenvalue weighted by Gasteiger charge is 2.34. The lowest BCUT2D eigenvalue weighted by Crippen LogP contribution is -2.51. The van der Waals surface area contributed by atoms with Crippen LogP contribution in [0.4, 0.5) is 0 Å². The van der Waals surface area contributed by atoms with Crippen molar-refractivity contribution >= 4 is 17.7 Å². The number of amides is 1. The number of ketones is 1. The number of hydrogen-bond acceptors (Lipinski definition) is 3. The Morgan fingerprint density at radius 1 is 1.30 bits per heavy atom. The number of carbonyl (C=O) groups excluding carboxylic acids is 2. The molecule has 0 saturated carbocycles. The Balaban J connectivity index is 3.22. The molecule has 1 aromatic rings. The monoisotopic (exact) mass is 322 g/mol. The molecule has 6 heteroatoms. The lowest BCUT2D eigenvalue weighted by atomic mass is 9.85. The maximum atomic E-state index is 12.7. The van der Waals surface area contributed by atoms with Crippen LogP contribution < -0.4 is 5.32 Å². The Morgan fingerprint density at radius 3 is 2.26 bits per heavy atom. The van der Waals surface area contributed by atoms with Gasteiger partial charge in [-0.25, -0.2) is 0 Å². The Hall–Kier alpha value is -2.11. The maximum absolute atomic E-state index is 12.7. The summed E-state index contributed by atoms with van der Waals surface area (Å²) in [6, 6.07) is 0. The molecule has 23 heavy (non-hydrogen) atoms. The van der Waals surface area contributed by atoms with Crippen LogP contribution in [-0.4, -0.2) is 33.3 Å². The second kappa shape index (κ2) is 6.98. The van der Waals surface area contributed by atoms with Gasteiger partial charge in [0.15, 0.2) is 5.78 Å². The largest absolute Gasteiger partial charge is 0.481 e. The SMILES string of the molecule is CCc1c(C(=O)NC(C)(CC(=O)O)C(C)C)[nH]c(C)c1C(C)=O. The fourth-order valence-electron chi connectivity index (χ4n) is 2.73. The molecular formula is C17H26N2O4. The van der Waals surface area contributed by atoms with E-state index in [1.807, 2.05) is 20.8 Å². The minimum atomic E-state index is -0.968. The first-order valence-corrected chi connectivity index (χ1v) is 7.80. The highest BCUT2D eigenvalue weighted by Crippen LogP contribution is 2.24. The number of carbonyl (C=O) groups is 3. The van der Waals surface area contributed by atoms with Crippen molar-refractivity contribution in [2.24, 2.45) is 5.92 Å². The molecule has 1 amide bonds. The van der Waals surface area contributed by atoms with Crippen molar-refractivity contribution in [3.8, 4) is 0 Å². The number of H-pyrrole nitrogens is 1. The summed E-state index contributed by atoms with van der Waals surface area (Å²) < 4.78 is 0. The molecule has 128 valence electrons. The smallest absolute Gasteiger partial charge is 0.305 e. The van der Waals surface area contributed by atoms with Crippen LogP contribution in [-0.2, 0) is 11.2 Å². The van der Waals surface area contributed by atoms with E-state index in [0.29, 0.717) is 28.9 Å². The molecule has 0 aliphatic rings. The van der Waals surface area contributed by atoms with E-state index in [0.717, 1.165) is 0 Å². The van der Waals surface area contributed by atoms with Crippen molar-refractivity contribution in [2.45, 2.75) is 59.9 Å². The predicted octanol–water partition coefficient (Wildman–Crippen LogP) is 2.71. The summed E-state index contributed by atoms with van der Waals surface area (Å²) in [5.74, 6) is -1.50. The first-order chi connectivity index (χ1) is 10.5. The van der Waals surface area contributed by atoms with Gasteiger partial charge in [-0.1, -0.05) is 20.8 Å². The summed E-state index contributed by atoms with van der Waals surface area (Å²) >= 11 is 0.